The van der Waals surface area contributed by atoms with E-state index in [9.17, 15) is 13.2 Å². The molecule has 2 atom stereocenters. The maximum absolute atomic E-state index is 12.6. The number of halogens is 1. The number of sulfone groups is 1. The lowest BCUT2D eigenvalue weighted by Crippen LogP contribution is -2.45. The zero-order valence-corrected chi connectivity index (χ0v) is 16.1. The number of nitrogens with zero attached hydrogens (tertiary/aromatic N) is 1. The summed E-state index contributed by atoms with van der Waals surface area (Å²) in [6, 6.07) is 6.33. The average molecular weight is 375 g/mol. The summed E-state index contributed by atoms with van der Waals surface area (Å²) in [5, 5.41) is -0.474. The van der Waals surface area contributed by atoms with Gasteiger partial charge in [-0.3, -0.25) is 4.79 Å². The van der Waals surface area contributed by atoms with Crippen LogP contribution in [0.15, 0.2) is 29.2 Å². The predicted octanol–water partition coefficient (Wildman–Crippen LogP) is 2.49. The van der Waals surface area contributed by atoms with Crippen LogP contribution in [-0.2, 0) is 9.84 Å². The molecule has 2 N–H and O–H groups in total. The van der Waals surface area contributed by atoms with Crippen LogP contribution < -0.4 is 5.73 Å². The lowest BCUT2D eigenvalue weighted by Gasteiger charge is -2.34. The number of benzene rings is 1. The van der Waals surface area contributed by atoms with Crippen LogP contribution in [-0.4, -0.2) is 43.6 Å². The molecule has 2 rings (SSSR count). The lowest BCUT2D eigenvalue weighted by atomic mass is 9.92. The predicted molar refractivity (Wildman–Crippen MR) is 98.3 cm³/mol. The number of rotatable bonds is 4. The van der Waals surface area contributed by atoms with Gasteiger partial charge in [-0.25, -0.2) is 8.42 Å². The number of hydrogen-bond donors (Lipinski definition) is 1. The number of likely N-dealkylation sites (tertiary alicyclic amines) is 1. The molecule has 1 heterocycles. The van der Waals surface area contributed by atoms with Crippen LogP contribution in [0, 0.1) is 5.92 Å². The minimum absolute atomic E-state index is 0. The van der Waals surface area contributed by atoms with Gasteiger partial charge in [0, 0.05) is 24.7 Å². The number of carbonyl (C=O) groups is 1. The van der Waals surface area contributed by atoms with Gasteiger partial charge >= 0.3 is 0 Å². The van der Waals surface area contributed by atoms with E-state index in [1.807, 2.05) is 11.8 Å². The van der Waals surface area contributed by atoms with Crippen molar-refractivity contribution >= 4 is 28.2 Å². The number of piperidine rings is 1. The molecule has 1 aliphatic rings. The highest BCUT2D eigenvalue weighted by Crippen LogP contribution is 2.22. The Kier molecular flexibility index (Phi) is 7.25. The first-order valence-electron chi connectivity index (χ1n) is 8.12. The van der Waals surface area contributed by atoms with E-state index in [-0.39, 0.29) is 29.3 Å². The monoisotopic (exact) mass is 374 g/mol. The SMILES string of the molecule is CC(N)C1CCCN(C(=O)c2ccc(S(=O)(=O)C(C)C)cc2)C1.Cl. The smallest absolute Gasteiger partial charge is 0.253 e. The molecule has 0 radical (unpaired) electrons. The van der Waals surface area contributed by atoms with Crippen LogP contribution in [0.1, 0.15) is 44.0 Å². The Labute approximate surface area is 150 Å². The molecule has 0 bridgehead atoms. The van der Waals surface area contributed by atoms with E-state index in [2.05, 4.69) is 0 Å². The van der Waals surface area contributed by atoms with Crippen molar-refractivity contribution in [3.63, 3.8) is 0 Å². The molecule has 1 amide bonds. The molecule has 24 heavy (non-hydrogen) atoms. The Hall–Kier alpha value is -1.11. The minimum Gasteiger partial charge on any atom is -0.338 e. The fourth-order valence-electron chi connectivity index (χ4n) is 2.87. The van der Waals surface area contributed by atoms with Crippen molar-refractivity contribution in [3.05, 3.63) is 29.8 Å². The molecule has 1 fully saturated rings. The lowest BCUT2D eigenvalue weighted by molar-refractivity contribution is 0.0661. The largest absolute Gasteiger partial charge is 0.338 e. The summed E-state index contributed by atoms with van der Waals surface area (Å²) >= 11 is 0. The zero-order chi connectivity index (χ0) is 17.2. The van der Waals surface area contributed by atoms with Crippen molar-refractivity contribution in [2.24, 2.45) is 11.7 Å². The molecule has 136 valence electrons. The summed E-state index contributed by atoms with van der Waals surface area (Å²) in [6.07, 6.45) is 2.00. The van der Waals surface area contributed by atoms with Gasteiger partial charge in [-0.2, -0.15) is 0 Å². The van der Waals surface area contributed by atoms with Crippen LogP contribution in [0.5, 0.6) is 0 Å². The molecule has 0 saturated carbocycles. The van der Waals surface area contributed by atoms with E-state index >= 15 is 0 Å². The van der Waals surface area contributed by atoms with E-state index in [0.29, 0.717) is 18.0 Å². The Morgan fingerprint density at radius 1 is 1.21 bits per heavy atom. The molecule has 7 heteroatoms. The van der Waals surface area contributed by atoms with Gasteiger partial charge < -0.3 is 10.6 Å². The minimum atomic E-state index is -3.31. The van der Waals surface area contributed by atoms with Crippen molar-refractivity contribution < 1.29 is 13.2 Å². The summed E-state index contributed by atoms with van der Waals surface area (Å²) < 4.78 is 24.2. The number of nitrogens with two attached hydrogens (primary N) is 1. The third kappa shape index (κ3) is 4.49. The summed E-state index contributed by atoms with van der Waals surface area (Å²) in [4.78, 5) is 14.7. The third-order valence-electron chi connectivity index (χ3n) is 4.54. The first-order valence-corrected chi connectivity index (χ1v) is 9.67. The van der Waals surface area contributed by atoms with Gasteiger partial charge in [0.1, 0.15) is 0 Å². The van der Waals surface area contributed by atoms with Gasteiger partial charge in [-0.1, -0.05) is 0 Å². The Bertz CT molecular complexity index is 657. The maximum Gasteiger partial charge on any atom is 0.253 e. The Morgan fingerprint density at radius 2 is 1.79 bits per heavy atom. The molecule has 1 aromatic rings. The second kappa shape index (κ2) is 8.32. The van der Waals surface area contributed by atoms with Crippen molar-refractivity contribution in [1.29, 1.82) is 0 Å². The fraction of sp³-hybridized carbons (Fsp3) is 0.588. The van der Waals surface area contributed by atoms with Crippen LogP contribution in [0.4, 0.5) is 0 Å². The molecule has 0 spiro atoms. The average Bonchev–Trinajstić information content (AvgIpc) is 2.54. The zero-order valence-electron chi connectivity index (χ0n) is 14.4. The standard InChI is InChI=1S/C17H26N2O3S.ClH/c1-12(2)23(21,22)16-8-6-14(7-9-16)17(20)19-10-4-5-15(11-19)13(3)18;/h6-9,12-13,15H,4-5,10-11,18H2,1-3H3;1H. The van der Waals surface area contributed by atoms with Crippen LogP contribution in [0.25, 0.3) is 0 Å². The third-order valence-corrected chi connectivity index (χ3v) is 6.71. The molecular formula is C17H27ClN2O3S. The van der Waals surface area contributed by atoms with E-state index < -0.39 is 15.1 Å². The second-order valence-electron chi connectivity index (χ2n) is 6.63. The summed E-state index contributed by atoms with van der Waals surface area (Å²) in [6.45, 7) is 6.67. The molecule has 0 aromatic heterocycles. The number of hydrogen-bond acceptors (Lipinski definition) is 4. The van der Waals surface area contributed by atoms with E-state index in [1.165, 1.54) is 12.1 Å². The summed E-state index contributed by atoms with van der Waals surface area (Å²) in [5.74, 6) is 0.275. The first kappa shape index (κ1) is 20.9. The molecule has 2 unspecified atom stereocenters. The van der Waals surface area contributed by atoms with Gasteiger partial charge in [0.25, 0.3) is 5.91 Å². The van der Waals surface area contributed by atoms with E-state index in [1.54, 1.807) is 26.0 Å². The molecule has 5 nitrogen and oxygen atoms in total. The second-order valence-corrected chi connectivity index (χ2v) is 9.13. The van der Waals surface area contributed by atoms with Gasteiger partial charge in [0.2, 0.25) is 0 Å². The Morgan fingerprint density at radius 3 is 2.29 bits per heavy atom. The fourth-order valence-corrected chi connectivity index (χ4v) is 3.93. The highest BCUT2D eigenvalue weighted by Gasteiger charge is 2.27. The maximum atomic E-state index is 12.6. The number of amides is 1. The van der Waals surface area contributed by atoms with Crippen molar-refractivity contribution in [3.8, 4) is 0 Å². The highest BCUT2D eigenvalue weighted by molar-refractivity contribution is 7.92. The van der Waals surface area contributed by atoms with Crippen molar-refractivity contribution in [2.45, 2.75) is 49.8 Å². The summed E-state index contributed by atoms with van der Waals surface area (Å²) in [7, 11) is -3.31. The van der Waals surface area contributed by atoms with Gasteiger partial charge in [0.15, 0.2) is 9.84 Å². The summed E-state index contributed by atoms with van der Waals surface area (Å²) in [5.41, 5.74) is 6.49. The normalized spacial score (nSPS) is 19.7. The van der Waals surface area contributed by atoms with Crippen molar-refractivity contribution in [2.75, 3.05) is 13.1 Å². The molecule has 1 aliphatic heterocycles. The van der Waals surface area contributed by atoms with Crippen LogP contribution in [0.3, 0.4) is 0 Å². The van der Waals surface area contributed by atoms with Crippen LogP contribution in [0.2, 0.25) is 0 Å². The van der Waals surface area contributed by atoms with Crippen molar-refractivity contribution in [1.82, 2.24) is 4.90 Å². The Balaban J connectivity index is 0.00000288. The number of carbonyl (C=O) groups excluding carboxylic acids is 1. The van der Waals surface area contributed by atoms with E-state index in [4.69, 9.17) is 5.73 Å². The molecule has 1 aromatic carbocycles. The molecular weight excluding hydrogens is 348 g/mol. The van der Waals surface area contributed by atoms with Gasteiger partial charge in [-0.05, 0) is 63.8 Å². The van der Waals surface area contributed by atoms with E-state index in [0.717, 1.165) is 19.4 Å². The quantitative estimate of drug-likeness (QED) is 0.877. The van der Waals surface area contributed by atoms with Gasteiger partial charge in [0.05, 0.1) is 10.1 Å². The first-order chi connectivity index (χ1) is 10.7. The highest BCUT2D eigenvalue weighted by atomic mass is 35.5. The van der Waals surface area contributed by atoms with Gasteiger partial charge in [-0.15, -0.1) is 12.4 Å². The molecule has 1 saturated heterocycles. The molecule has 0 aliphatic carbocycles. The topological polar surface area (TPSA) is 80.5 Å². The van der Waals surface area contributed by atoms with Crippen LogP contribution >= 0.6 is 12.4 Å².